The maximum atomic E-state index is 6.00. The van der Waals surface area contributed by atoms with Gasteiger partial charge >= 0.3 is 0 Å². The van der Waals surface area contributed by atoms with Gasteiger partial charge in [0.05, 0.1) is 3.79 Å². The fraction of sp³-hybridized carbons (Fsp3) is 0.333. The average Bonchev–Trinajstić information content (AvgIpc) is 2.73. The van der Waals surface area contributed by atoms with E-state index in [0.717, 1.165) is 21.5 Å². The van der Waals surface area contributed by atoms with Crippen LogP contribution in [0.2, 0.25) is 0 Å². The minimum absolute atomic E-state index is 0.139. The Kier molecular flexibility index (Phi) is 5.02. The monoisotopic (exact) mass is 339 g/mol. The Morgan fingerprint density at radius 3 is 2.74 bits per heavy atom. The highest BCUT2D eigenvalue weighted by atomic mass is 79.9. The number of para-hydroxylation sites is 1. The van der Waals surface area contributed by atoms with Crippen molar-refractivity contribution in [3.05, 3.63) is 50.1 Å². The number of rotatable bonds is 5. The van der Waals surface area contributed by atoms with E-state index >= 15 is 0 Å². The zero-order valence-electron chi connectivity index (χ0n) is 11.2. The van der Waals surface area contributed by atoms with Crippen molar-refractivity contribution in [1.82, 2.24) is 0 Å². The van der Waals surface area contributed by atoms with E-state index in [1.165, 1.54) is 10.4 Å². The van der Waals surface area contributed by atoms with Crippen molar-refractivity contribution in [3.8, 4) is 5.75 Å². The first-order valence-corrected chi connectivity index (χ1v) is 7.88. The molecule has 1 heterocycles. The molecule has 0 amide bonds. The Balaban J connectivity index is 2.14. The molecule has 0 radical (unpaired) electrons. The van der Waals surface area contributed by atoms with Crippen LogP contribution in [0.4, 0.5) is 0 Å². The van der Waals surface area contributed by atoms with Crippen LogP contribution in [0.5, 0.6) is 5.75 Å². The lowest BCUT2D eigenvalue weighted by atomic mass is 10.0. The molecule has 1 aromatic heterocycles. The summed E-state index contributed by atoms with van der Waals surface area (Å²) in [4.78, 5) is 1.21. The summed E-state index contributed by atoms with van der Waals surface area (Å²) in [7, 11) is 0. The van der Waals surface area contributed by atoms with Gasteiger partial charge in [-0.1, -0.05) is 18.2 Å². The van der Waals surface area contributed by atoms with E-state index in [4.69, 9.17) is 10.5 Å². The number of hydrogen-bond donors (Lipinski definition) is 1. The third-order valence-corrected chi connectivity index (χ3v) is 4.42. The molecule has 1 unspecified atom stereocenters. The first-order valence-electron chi connectivity index (χ1n) is 6.27. The second-order valence-corrected chi connectivity index (χ2v) is 7.29. The molecule has 1 atom stereocenters. The highest BCUT2D eigenvalue weighted by molar-refractivity contribution is 9.11. The lowest BCUT2D eigenvalue weighted by Gasteiger charge is -2.15. The first kappa shape index (κ1) is 14.6. The second kappa shape index (κ2) is 6.55. The van der Waals surface area contributed by atoms with Crippen molar-refractivity contribution in [3.63, 3.8) is 0 Å². The molecule has 0 saturated heterocycles. The topological polar surface area (TPSA) is 35.2 Å². The molecule has 4 heteroatoms. The van der Waals surface area contributed by atoms with E-state index in [2.05, 4.69) is 47.1 Å². The van der Waals surface area contributed by atoms with Gasteiger partial charge < -0.3 is 10.5 Å². The van der Waals surface area contributed by atoms with Gasteiger partial charge in [-0.25, -0.2) is 0 Å². The van der Waals surface area contributed by atoms with Gasteiger partial charge in [0.25, 0.3) is 0 Å². The van der Waals surface area contributed by atoms with E-state index in [1.807, 2.05) is 13.0 Å². The second-order valence-electron chi connectivity index (χ2n) is 4.74. The van der Waals surface area contributed by atoms with Crippen LogP contribution < -0.4 is 10.5 Å². The van der Waals surface area contributed by atoms with E-state index in [0.29, 0.717) is 6.61 Å². The minimum Gasteiger partial charge on any atom is -0.488 e. The van der Waals surface area contributed by atoms with Crippen molar-refractivity contribution in [1.29, 1.82) is 0 Å². The lowest BCUT2D eigenvalue weighted by Crippen LogP contribution is -2.18. The van der Waals surface area contributed by atoms with E-state index in [1.54, 1.807) is 11.3 Å². The molecule has 0 aliphatic rings. The Hall–Kier alpha value is -0.840. The van der Waals surface area contributed by atoms with Crippen molar-refractivity contribution in [2.75, 3.05) is 0 Å². The normalized spacial score (nSPS) is 12.4. The smallest absolute Gasteiger partial charge is 0.126 e. The molecule has 2 nitrogen and oxygen atoms in total. The van der Waals surface area contributed by atoms with Gasteiger partial charge in [0.1, 0.15) is 12.4 Å². The number of halogens is 1. The van der Waals surface area contributed by atoms with Gasteiger partial charge in [0, 0.05) is 10.9 Å². The lowest BCUT2D eigenvalue weighted by molar-refractivity contribution is 0.303. The number of aryl methyl sites for hydroxylation is 1. The van der Waals surface area contributed by atoms with Crippen LogP contribution >= 0.6 is 27.3 Å². The maximum absolute atomic E-state index is 6.00. The zero-order chi connectivity index (χ0) is 13.8. The minimum atomic E-state index is 0.139. The highest BCUT2D eigenvalue weighted by Crippen LogP contribution is 2.28. The molecule has 0 spiro atoms. The quantitative estimate of drug-likeness (QED) is 0.881. The van der Waals surface area contributed by atoms with Crippen LogP contribution in [0, 0.1) is 6.92 Å². The van der Waals surface area contributed by atoms with E-state index in [-0.39, 0.29) is 6.04 Å². The van der Waals surface area contributed by atoms with Gasteiger partial charge in [0.2, 0.25) is 0 Å². The van der Waals surface area contributed by atoms with Gasteiger partial charge in [-0.2, -0.15) is 0 Å². The zero-order valence-corrected chi connectivity index (χ0v) is 13.6. The average molecular weight is 340 g/mol. The molecule has 2 aromatic rings. The predicted octanol–water partition coefficient (Wildman–Crippen LogP) is 4.29. The van der Waals surface area contributed by atoms with Crippen LogP contribution in [-0.2, 0) is 13.0 Å². The molecule has 0 aliphatic carbocycles. The standard InChI is InChI=1S/C15H18BrNOS/c1-10-4-3-5-12(8-11(2)17)15(10)18-9-13-6-7-14(16)19-13/h3-7,11H,8-9,17H2,1-2H3. The summed E-state index contributed by atoms with van der Waals surface area (Å²) in [6.07, 6.45) is 0.838. The summed E-state index contributed by atoms with van der Waals surface area (Å²) < 4.78 is 7.13. The number of thiophene rings is 1. The van der Waals surface area contributed by atoms with Gasteiger partial charge in [-0.05, 0) is 59.5 Å². The Morgan fingerprint density at radius 1 is 1.32 bits per heavy atom. The summed E-state index contributed by atoms with van der Waals surface area (Å²) in [5.74, 6) is 0.976. The Labute approximate surface area is 126 Å². The third kappa shape index (κ3) is 4.06. The molecular weight excluding hydrogens is 322 g/mol. The molecule has 0 fully saturated rings. The van der Waals surface area contributed by atoms with Crippen molar-refractivity contribution >= 4 is 27.3 Å². The third-order valence-electron chi connectivity index (χ3n) is 2.82. The van der Waals surface area contributed by atoms with Crippen LogP contribution in [0.15, 0.2) is 34.1 Å². The molecule has 2 rings (SSSR count). The molecule has 0 aliphatic heterocycles. The largest absolute Gasteiger partial charge is 0.488 e. The van der Waals surface area contributed by atoms with Gasteiger partial charge in [-0.3, -0.25) is 0 Å². The van der Waals surface area contributed by atoms with Crippen molar-refractivity contribution in [2.24, 2.45) is 5.73 Å². The van der Waals surface area contributed by atoms with E-state index in [9.17, 15) is 0 Å². The molecule has 0 bridgehead atoms. The molecule has 0 saturated carbocycles. The fourth-order valence-corrected chi connectivity index (χ4v) is 3.40. The number of hydrogen-bond acceptors (Lipinski definition) is 3. The predicted molar refractivity (Wildman–Crippen MR) is 84.9 cm³/mol. The summed E-state index contributed by atoms with van der Waals surface area (Å²) in [5.41, 5.74) is 8.24. The van der Waals surface area contributed by atoms with Crippen LogP contribution in [-0.4, -0.2) is 6.04 Å². The van der Waals surface area contributed by atoms with Crippen molar-refractivity contribution < 1.29 is 4.74 Å². The summed E-state index contributed by atoms with van der Waals surface area (Å²) in [6, 6.07) is 10.5. The molecule has 2 N–H and O–H groups in total. The molecule has 19 heavy (non-hydrogen) atoms. The SMILES string of the molecule is Cc1cccc(CC(C)N)c1OCc1ccc(Br)s1. The van der Waals surface area contributed by atoms with Crippen molar-refractivity contribution in [2.45, 2.75) is 32.9 Å². The number of benzene rings is 1. The van der Waals surface area contributed by atoms with Crippen LogP contribution in [0.25, 0.3) is 0 Å². The first-order chi connectivity index (χ1) is 9.06. The summed E-state index contributed by atoms with van der Waals surface area (Å²) in [6.45, 7) is 4.69. The van der Waals surface area contributed by atoms with Crippen LogP contribution in [0.1, 0.15) is 22.9 Å². The van der Waals surface area contributed by atoms with Crippen LogP contribution in [0.3, 0.4) is 0 Å². The summed E-state index contributed by atoms with van der Waals surface area (Å²) in [5, 5.41) is 0. The fourth-order valence-electron chi connectivity index (χ4n) is 2.00. The highest BCUT2D eigenvalue weighted by Gasteiger charge is 2.09. The maximum Gasteiger partial charge on any atom is 0.126 e. The molecular formula is C15H18BrNOS. The molecule has 102 valence electrons. The number of nitrogens with two attached hydrogens (primary N) is 1. The van der Waals surface area contributed by atoms with E-state index < -0.39 is 0 Å². The summed E-state index contributed by atoms with van der Waals surface area (Å²) >= 11 is 5.17. The Morgan fingerprint density at radius 2 is 2.11 bits per heavy atom. The van der Waals surface area contributed by atoms with Gasteiger partial charge in [-0.15, -0.1) is 11.3 Å². The number of ether oxygens (including phenoxy) is 1. The van der Waals surface area contributed by atoms with Gasteiger partial charge in [0.15, 0.2) is 0 Å². The Bertz CT molecular complexity index is 551. The molecule has 1 aromatic carbocycles.